The molecule has 2 rings (SSSR count). The van der Waals surface area contributed by atoms with E-state index in [1.807, 2.05) is 0 Å². The fourth-order valence-electron chi connectivity index (χ4n) is 1.51. The van der Waals surface area contributed by atoms with Gasteiger partial charge in [0.05, 0.1) is 22.9 Å². The van der Waals surface area contributed by atoms with Gasteiger partial charge in [-0.1, -0.05) is 11.6 Å². The number of carbonyl (C=O) groups excluding carboxylic acids is 1. The number of aromatic nitrogens is 2. The average Bonchev–Trinajstić information content (AvgIpc) is 2.79. The van der Waals surface area contributed by atoms with E-state index >= 15 is 0 Å². The average molecular weight is 251 g/mol. The lowest BCUT2D eigenvalue weighted by atomic mass is 10.2. The molecule has 2 aromatic rings. The predicted molar refractivity (Wildman–Crippen MR) is 65.0 cm³/mol. The summed E-state index contributed by atoms with van der Waals surface area (Å²) >= 11 is 6.03. The Labute approximate surface area is 104 Å². The Bertz CT molecular complexity index is 537. The molecule has 0 spiro atoms. The van der Waals surface area contributed by atoms with Crippen molar-refractivity contribution in [3.63, 3.8) is 0 Å². The number of rotatable bonds is 3. The summed E-state index contributed by atoms with van der Waals surface area (Å²) in [4.78, 5) is 18.8. The predicted octanol–water partition coefficient (Wildman–Crippen LogP) is 2.91. The number of nitrogens with zero attached hydrogens (tertiary/aromatic N) is 1. The lowest BCUT2D eigenvalue weighted by molar-refractivity contribution is 0.0527. The maximum absolute atomic E-state index is 11.7. The summed E-state index contributed by atoms with van der Waals surface area (Å²) < 4.78 is 4.96. The molecule has 5 heteroatoms. The van der Waals surface area contributed by atoms with Crippen LogP contribution in [0.15, 0.2) is 30.6 Å². The highest BCUT2D eigenvalue weighted by atomic mass is 35.5. The van der Waals surface area contributed by atoms with Crippen molar-refractivity contribution in [1.29, 1.82) is 0 Å². The number of H-pyrrole nitrogens is 1. The van der Waals surface area contributed by atoms with Gasteiger partial charge < -0.3 is 9.72 Å². The van der Waals surface area contributed by atoms with E-state index < -0.39 is 0 Å². The quantitative estimate of drug-likeness (QED) is 0.852. The van der Waals surface area contributed by atoms with Gasteiger partial charge in [-0.15, -0.1) is 0 Å². The first-order chi connectivity index (χ1) is 8.24. The standard InChI is InChI=1S/C12H11ClN2O2/c1-2-17-12(16)8-5-7-15-10(8)11-9(13)4-3-6-14-11/h3-7,15H,2H2,1H3. The molecule has 0 radical (unpaired) electrons. The van der Waals surface area contributed by atoms with Crippen LogP contribution in [0.3, 0.4) is 0 Å². The van der Waals surface area contributed by atoms with E-state index in [4.69, 9.17) is 16.3 Å². The molecule has 1 N–H and O–H groups in total. The zero-order valence-corrected chi connectivity index (χ0v) is 9.99. The van der Waals surface area contributed by atoms with E-state index in [1.54, 1.807) is 37.5 Å². The molecular weight excluding hydrogens is 240 g/mol. The second kappa shape index (κ2) is 5.01. The molecule has 0 bridgehead atoms. The summed E-state index contributed by atoms with van der Waals surface area (Å²) in [6.45, 7) is 2.09. The molecule has 0 fully saturated rings. The van der Waals surface area contributed by atoms with Crippen LogP contribution < -0.4 is 0 Å². The molecule has 0 amide bonds. The molecule has 0 saturated carbocycles. The first-order valence-corrected chi connectivity index (χ1v) is 5.57. The number of hydrogen-bond donors (Lipinski definition) is 1. The summed E-state index contributed by atoms with van der Waals surface area (Å²) in [7, 11) is 0. The van der Waals surface area contributed by atoms with Crippen molar-refractivity contribution in [3.05, 3.63) is 41.2 Å². The van der Waals surface area contributed by atoms with Gasteiger partial charge in [-0.2, -0.15) is 0 Å². The Kier molecular flexibility index (Phi) is 3.44. The van der Waals surface area contributed by atoms with Crippen LogP contribution in [-0.2, 0) is 4.74 Å². The van der Waals surface area contributed by atoms with Crippen LogP contribution in [0.4, 0.5) is 0 Å². The van der Waals surface area contributed by atoms with Gasteiger partial charge in [0, 0.05) is 12.4 Å². The van der Waals surface area contributed by atoms with Gasteiger partial charge in [0.25, 0.3) is 0 Å². The first kappa shape index (κ1) is 11.7. The minimum absolute atomic E-state index is 0.333. The number of hydrogen-bond acceptors (Lipinski definition) is 3. The van der Waals surface area contributed by atoms with Gasteiger partial charge in [0.1, 0.15) is 5.69 Å². The summed E-state index contributed by atoms with van der Waals surface area (Å²) in [5.74, 6) is -0.384. The van der Waals surface area contributed by atoms with E-state index in [0.717, 1.165) is 0 Å². The van der Waals surface area contributed by atoms with Crippen LogP contribution in [0.25, 0.3) is 11.4 Å². The van der Waals surface area contributed by atoms with E-state index in [9.17, 15) is 4.79 Å². The number of aromatic amines is 1. The third kappa shape index (κ3) is 2.31. The molecule has 88 valence electrons. The Morgan fingerprint density at radius 3 is 3.06 bits per heavy atom. The third-order valence-corrected chi connectivity index (χ3v) is 2.54. The van der Waals surface area contributed by atoms with Crippen molar-refractivity contribution in [1.82, 2.24) is 9.97 Å². The largest absolute Gasteiger partial charge is 0.462 e. The zero-order chi connectivity index (χ0) is 12.3. The second-order valence-electron chi connectivity index (χ2n) is 3.32. The van der Waals surface area contributed by atoms with Gasteiger partial charge in [0.15, 0.2) is 0 Å². The second-order valence-corrected chi connectivity index (χ2v) is 3.73. The molecule has 2 heterocycles. The highest BCUT2D eigenvalue weighted by Gasteiger charge is 2.17. The minimum atomic E-state index is -0.384. The Morgan fingerprint density at radius 2 is 2.35 bits per heavy atom. The Morgan fingerprint density at radius 1 is 1.53 bits per heavy atom. The van der Waals surface area contributed by atoms with Crippen molar-refractivity contribution in [3.8, 4) is 11.4 Å². The number of esters is 1. The molecular formula is C12H11ClN2O2. The van der Waals surface area contributed by atoms with Crippen LogP contribution in [0.2, 0.25) is 5.02 Å². The van der Waals surface area contributed by atoms with Gasteiger partial charge in [-0.05, 0) is 25.1 Å². The van der Waals surface area contributed by atoms with Gasteiger partial charge in [-0.3, -0.25) is 4.98 Å². The summed E-state index contributed by atoms with van der Waals surface area (Å²) in [5.41, 5.74) is 1.56. The van der Waals surface area contributed by atoms with E-state index in [1.165, 1.54) is 0 Å². The topological polar surface area (TPSA) is 55.0 Å². The Balaban J connectivity index is 2.44. The highest BCUT2D eigenvalue weighted by molar-refractivity contribution is 6.33. The molecule has 0 unspecified atom stereocenters. The van der Waals surface area contributed by atoms with E-state index in [0.29, 0.717) is 28.6 Å². The molecule has 0 saturated heterocycles. The van der Waals surface area contributed by atoms with Gasteiger partial charge in [0.2, 0.25) is 0 Å². The molecule has 17 heavy (non-hydrogen) atoms. The fraction of sp³-hybridized carbons (Fsp3) is 0.167. The van der Waals surface area contributed by atoms with Crippen molar-refractivity contribution in [2.75, 3.05) is 6.61 Å². The summed E-state index contributed by atoms with van der Waals surface area (Å²) in [5, 5.41) is 0.487. The number of pyridine rings is 1. The summed E-state index contributed by atoms with van der Waals surface area (Å²) in [6, 6.07) is 5.11. The molecule has 0 aliphatic rings. The monoisotopic (exact) mass is 250 g/mol. The van der Waals surface area contributed by atoms with Crippen molar-refractivity contribution in [2.45, 2.75) is 6.92 Å². The Hall–Kier alpha value is -1.81. The lowest BCUT2D eigenvalue weighted by Crippen LogP contribution is -2.05. The van der Waals surface area contributed by atoms with E-state index in [2.05, 4.69) is 9.97 Å². The third-order valence-electron chi connectivity index (χ3n) is 2.24. The molecule has 0 aromatic carbocycles. The number of ether oxygens (including phenoxy) is 1. The van der Waals surface area contributed by atoms with Crippen LogP contribution in [0.5, 0.6) is 0 Å². The fourth-order valence-corrected chi connectivity index (χ4v) is 1.73. The molecule has 2 aromatic heterocycles. The van der Waals surface area contributed by atoms with Gasteiger partial charge in [-0.25, -0.2) is 4.79 Å². The van der Waals surface area contributed by atoms with Gasteiger partial charge >= 0.3 is 5.97 Å². The highest BCUT2D eigenvalue weighted by Crippen LogP contribution is 2.27. The first-order valence-electron chi connectivity index (χ1n) is 5.19. The smallest absolute Gasteiger partial charge is 0.340 e. The zero-order valence-electron chi connectivity index (χ0n) is 9.24. The maximum atomic E-state index is 11.7. The van der Waals surface area contributed by atoms with E-state index in [-0.39, 0.29) is 5.97 Å². The van der Waals surface area contributed by atoms with Crippen molar-refractivity contribution >= 4 is 17.6 Å². The maximum Gasteiger partial charge on any atom is 0.340 e. The van der Waals surface area contributed by atoms with Crippen LogP contribution in [0, 0.1) is 0 Å². The van der Waals surface area contributed by atoms with Crippen LogP contribution >= 0.6 is 11.6 Å². The number of nitrogens with one attached hydrogen (secondary N) is 1. The lowest BCUT2D eigenvalue weighted by Gasteiger charge is -2.04. The minimum Gasteiger partial charge on any atom is -0.462 e. The number of halogens is 1. The molecule has 0 aliphatic carbocycles. The SMILES string of the molecule is CCOC(=O)c1cc[nH]c1-c1ncccc1Cl. The molecule has 0 atom stereocenters. The number of carbonyl (C=O) groups is 1. The van der Waals surface area contributed by atoms with Crippen molar-refractivity contribution < 1.29 is 9.53 Å². The molecule has 4 nitrogen and oxygen atoms in total. The van der Waals surface area contributed by atoms with Crippen molar-refractivity contribution in [2.24, 2.45) is 0 Å². The summed E-state index contributed by atoms with van der Waals surface area (Å²) in [6.07, 6.45) is 3.28. The van der Waals surface area contributed by atoms with Crippen LogP contribution in [0.1, 0.15) is 17.3 Å². The normalized spacial score (nSPS) is 10.2. The molecule has 0 aliphatic heterocycles. The van der Waals surface area contributed by atoms with Crippen LogP contribution in [-0.4, -0.2) is 22.5 Å².